The van der Waals surface area contributed by atoms with E-state index in [1.54, 1.807) is 6.20 Å². The second-order valence-electron chi connectivity index (χ2n) is 5.37. The zero-order chi connectivity index (χ0) is 14.8. The molecule has 0 fully saturated rings. The number of aromatic nitrogens is 2. The topological polar surface area (TPSA) is 57.8 Å². The quantitative estimate of drug-likeness (QED) is 0.763. The summed E-state index contributed by atoms with van der Waals surface area (Å²) in [6.07, 6.45) is 1.74. The highest BCUT2D eigenvalue weighted by Gasteiger charge is 2.11. The molecule has 21 heavy (non-hydrogen) atoms. The first-order chi connectivity index (χ1) is 10.1. The van der Waals surface area contributed by atoms with Gasteiger partial charge in [0.05, 0.1) is 11.7 Å². The van der Waals surface area contributed by atoms with Crippen molar-refractivity contribution in [1.29, 1.82) is 0 Å². The van der Waals surface area contributed by atoms with Crippen LogP contribution < -0.4 is 5.32 Å². The van der Waals surface area contributed by atoms with Crippen molar-refractivity contribution in [1.82, 2.24) is 10.2 Å². The maximum atomic E-state index is 12.4. The SMILES string of the molecule is CC(C)c1ccccc1NC(=O)c1ccc2cn[nH]c2c1. The lowest BCUT2D eigenvalue weighted by Crippen LogP contribution is -2.13. The smallest absolute Gasteiger partial charge is 0.255 e. The van der Waals surface area contributed by atoms with E-state index in [9.17, 15) is 4.79 Å². The fourth-order valence-electron chi connectivity index (χ4n) is 2.39. The number of benzene rings is 2. The fourth-order valence-corrected chi connectivity index (χ4v) is 2.39. The molecule has 1 amide bonds. The number of para-hydroxylation sites is 1. The van der Waals surface area contributed by atoms with E-state index in [0.29, 0.717) is 11.5 Å². The molecule has 2 N–H and O–H groups in total. The number of aromatic amines is 1. The molecule has 1 heterocycles. The molecule has 0 aliphatic rings. The number of rotatable bonds is 3. The Morgan fingerprint density at radius 1 is 1.19 bits per heavy atom. The normalized spacial score (nSPS) is 11.0. The molecule has 0 unspecified atom stereocenters. The summed E-state index contributed by atoms with van der Waals surface area (Å²) in [4.78, 5) is 12.4. The number of carbonyl (C=O) groups is 1. The van der Waals surface area contributed by atoms with Gasteiger partial charge in [0.2, 0.25) is 0 Å². The Kier molecular flexibility index (Phi) is 3.44. The summed E-state index contributed by atoms with van der Waals surface area (Å²) < 4.78 is 0. The van der Waals surface area contributed by atoms with Gasteiger partial charge in [0, 0.05) is 16.6 Å². The summed E-state index contributed by atoms with van der Waals surface area (Å²) in [5, 5.41) is 10.8. The van der Waals surface area contributed by atoms with Crippen LogP contribution in [-0.4, -0.2) is 16.1 Å². The summed E-state index contributed by atoms with van der Waals surface area (Å²) in [5.74, 6) is 0.246. The maximum absolute atomic E-state index is 12.4. The van der Waals surface area contributed by atoms with Crippen molar-refractivity contribution in [3.63, 3.8) is 0 Å². The number of carbonyl (C=O) groups excluding carboxylic acids is 1. The summed E-state index contributed by atoms with van der Waals surface area (Å²) >= 11 is 0. The molecule has 0 spiro atoms. The Hall–Kier alpha value is -2.62. The van der Waals surface area contributed by atoms with Crippen LogP contribution in [-0.2, 0) is 0 Å². The number of fused-ring (bicyclic) bond motifs is 1. The van der Waals surface area contributed by atoms with Crippen molar-refractivity contribution in [2.24, 2.45) is 0 Å². The summed E-state index contributed by atoms with van der Waals surface area (Å²) in [7, 11) is 0. The largest absolute Gasteiger partial charge is 0.322 e. The van der Waals surface area contributed by atoms with Gasteiger partial charge in [0.25, 0.3) is 5.91 Å². The lowest BCUT2D eigenvalue weighted by molar-refractivity contribution is 0.102. The van der Waals surface area contributed by atoms with Crippen molar-refractivity contribution in [3.05, 3.63) is 59.8 Å². The molecule has 3 aromatic rings. The minimum atomic E-state index is -0.111. The van der Waals surface area contributed by atoms with Crippen LogP contribution in [0.2, 0.25) is 0 Å². The number of amides is 1. The van der Waals surface area contributed by atoms with Gasteiger partial charge in [-0.15, -0.1) is 0 Å². The monoisotopic (exact) mass is 279 g/mol. The average molecular weight is 279 g/mol. The molecular formula is C17H17N3O. The third kappa shape index (κ3) is 2.65. The number of nitrogens with zero attached hydrogens (tertiary/aromatic N) is 1. The highest BCUT2D eigenvalue weighted by molar-refractivity contribution is 6.06. The lowest BCUT2D eigenvalue weighted by atomic mass is 10.0. The number of hydrogen-bond donors (Lipinski definition) is 2. The van der Waals surface area contributed by atoms with E-state index < -0.39 is 0 Å². The van der Waals surface area contributed by atoms with Crippen LogP contribution in [0.4, 0.5) is 5.69 Å². The molecule has 2 aromatic carbocycles. The fraction of sp³-hybridized carbons (Fsp3) is 0.176. The molecular weight excluding hydrogens is 262 g/mol. The van der Waals surface area contributed by atoms with Crippen LogP contribution in [0.15, 0.2) is 48.7 Å². The Morgan fingerprint density at radius 2 is 2.00 bits per heavy atom. The van der Waals surface area contributed by atoms with Crippen molar-refractivity contribution >= 4 is 22.5 Å². The van der Waals surface area contributed by atoms with E-state index in [0.717, 1.165) is 22.2 Å². The third-order valence-electron chi connectivity index (χ3n) is 3.54. The molecule has 0 aliphatic carbocycles. The first kappa shape index (κ1) is 13.4. The highest BCUT2D eigenvalue weighted by Crippen LogP contribution is 2.24. The van der Waals surface area contributed by atoms with Gasteiger partial charge in [-0.3, -0.25) is 9.89 Å². The standard InChI is InChI=1S/C17H17N3O/c1-11(2)14-5-3-4-6-15(14)19-17(21)12-7-8-13-10-18-20-16(13)9-12/h3-11H,1-2H3,(H,18,20)(H,19,21). The number of hydrogen-bond acceptors (Lipinski definition) is 2. The maximum Gasteiger partial charge on any atom is 0.255 e. The predicted octanol–water partition coefficient (Wildman–Crippen LogP) is 3.94. The zero-order valence-electron chi connectivity index (χ0n) is 12.1. The van der Waals surface area contributed by atoms with Crippen LogP contribution in [0.1, 0.15) is 35.7 Å². The van der Waals surface area contributed by atoms with E-state index in [-0.39, 0.29) is 5.91 Å². The van der Waals surface area contributed by atoms with E-state index in [2.05, 4.69) is 29.4 Å². The second-order valence-corrected chi connectivity index (χ2v) is 5.37. The minimum absolute atomic E-state index is 0.111. The van der Waals surface area contributed by atoms with Gasteiger partial charge >= 0.3 is 0 Å². The average Bonchev–Trinajstić information content (AvgIpc) is 2.94. The van der Waals surface area contributed by atoms with Crippen molar-refractivity contribution in [3.8, 4) is 0 Å². The molecule has 0 bridgehead atoms. The highest BCUT2D eigenvalue weighted by atomic mass is 16.1. The molecule has 4 heteroatoms. The number of H-pyrrole nitrogens is 1. The second kappa shape index (κ2) is 5.40. The minimum Gasteiger partial charge on any atom is -0.322 e. The Bertz CT molecular complexity index is 789. The van der Waals surface area contributed by atoms with E-state index in [1.165, 1.54) is 0 Å². The molecule has 4 nitrogen and oxygen atoms in total. The van der Waals surface area contributed by atoms with Crippen LogP contribution in [0.25, 0.3) is 10.9 Å². The molecule has 0 radical (unpaired) electrons. The Morgan fingerprint density at radius 3 is 2.81 bits per heavy atom. The Balaban J connectivity index is 1.89. The molecule has 1 aromatic heterocycles. The van der Waals surface area contributed by atoms with Crippen LogP contribution in [0.3, 0.4) is 0 Å². The van der Waals surface area contributed by atoms with Crippen LogP contribution >= 0.6 is 0 Å². The van der Waals surface area contributed by atoms with Crippen LogP contribution in [0.5, 0.6) is 0 Å². The van der Waals surface area contributed by atoms with Gasteiger partial charge in [-0.2, -0.15) is 5.10 Å². The molecule has 106 valence electrons. The lowest BCUT2D eigenvalue weighted by Gasteiger charge is -2.13. The molecule has 3 rings (SSSR count). The van der Waals surface area contributed by atoms with E-state index >= 15 is 0 Å². The van der Waals surface area contributed by atoms with Gasteiger partial charge < -0.3 is 5.32 Å². The van der Waals surface area contributed by atoms with Gasteiger partial charge in [0.15, 0.2) is 0 Å². The van der Waals surface area contributed by atoms with Gasteiger partial charge in [-0.05, 0) is 29.7 Å². The summed E-state index contributed by atoms with van der Waals surface area (Å²) in [6.45, 7) is 4.23. The van der Waals surface area contributed by atoms with E-state index in [1.807, 2.05) is 42.5 Å². The van der Waals surface area contributed by atoms with Gasteiger partial charge in [0.1, 0.15) is 0 Å². The van der Waals surface area contributed by atoms with Crippen molar-refractivity contribution in [2.75, 3.05) is 5.32 Å². The molecule has 0 aliphatic heterocycles. The van der Waals surface area contributed by atoms with Gasteiger partial charge in [-0.25, -0.2) is 0 Å². The van der Waals surface area contributed by atoms with Crippen LogP contribution in [0, 0.1) is 0 Å². The summed E-state index contributed by atoms with van der Waals surface area (Å²) in [6, 6.07) is 13.4. The summed E-state index contributed by atoms with van der Waals surface area (Å²) in [5.41, 5.74) is 3.47. The van der Waals surface area contributed by atoms with Gasteiger partial charge in [-0.1, -0.05) is 38.1 Å². The van der Waals surface area contributed by atoms with E-state index in [4.69, 9.17) is 0 Å². The number of nitrogens with one attached hydrogen (secondary N) is 2. The number of anilines is 1. The third-order valence-corrected chi connectivity index (χ3v) is 3.54. The molecule has 0 atom stereocenters. The molecule has 0 saturated heterocycles. The first-order valence-corrected chi connectivity index (χ1v) is 6.98. The first-order valence-electron chi connectivity index (χ1n) is 6.98. The predicted molar refractivity (Wildman–Crippen MR) is 84.6 cm³/mol. The van der Waals surface area contributed by atoms with Crippen molar-refractivity contribution in [2.45, 2.75) is 19.8 Å². The van der Waals surface area contributed by atoms with Crippen molar-refractivity contribution < 1.29 is 4.79 Å². The Labute approximate surface area is 123 Å². The zero-order valence-corrected chi connectivity index (χ0v) is 12.1. The molecule has 0 saturated carbocycles.